The van der Waals surface area contributed by atoms with Crippen molar-refractivity contribution in [3.8, 4) is 0 Å². The molecule has 0 aromatic carbocycles. The molecule has 0 bridgehead atoms. The smallest absolute Gasteiger partial charge is 0.314 e. The normalized spacial score (nSPS) is 20.6. The Kier molecular flexibility index (Phi) is 7.20. The summed E-state index contributed by atoms with van der Waals surface area (Å²) in [5.41, 5.74) is 0. The Morgan fingerprint density at radius 2 is 2.16 bits per heavy atom. The summed E-state index contributed by atoms with van der Waals surface area (Å²) in [6.45, 7) is 4.19. The summed E-state index contributed by atoms with van der Waals surface area (Å²) in [6.07, 6.45) is 1.10. The van der Waals surface area contributed by atoms with E-state index in [2.05, 4.69) is 10.6 Å². The molecule has 0 radical (unpaired) electrons. The number of amides is 2. The van der Waals surface area contributed by atoms with Crippen molar-refractivity contribution in [1.29, 1.82) is 0 Å². The minimum absolute atomic E-state index is 0.0912. The second kappa shape index (κ2) is 8.71. The Morgan fingerprint density at radius 1 is 1.37 bits per heavy atom. The van der Waals surface area contributed by atoms with E-state index in [9.17, 15) is 9.59 Å². The average Bonchev–Trinajstić information content (AvgIpc) is 2.42. The second-order valence-corrected chi connectivity index (χ2v) is 4.59. The number of aliphatic carboxylic acids is 1. The van der Waals surface area contributed by atoms with Crippen LogP contribution in [0.15, 0.2) is 0 Å². The zero-order valence-electron chi connectivity index (χ0n) is 11.2. The lowest BCUT2D eigenvalue weighted by molar-refractivity contribution is -0.141. The van der Waals surface area contributed by atoms with E-state index >= 15 is 0 Å². The first-order chi connectivity index (χ1) is 9.09. The first-order valence-electron chi connectivity index (χ1n) is 6.53. The minimum atomic E-state index is -0.807. The highest BCUT2D eigenvalue weighted by atomic mass is 16.6. The van der Waals surface area contributed by atoms with Crippen molar-refractivity contribution < 1.29 is 24.2 Å². The molecule has 1 fully saturated rings. The van der Waals surface area contributed by atoms with Crippen LogP contribution in [-0.2, 0) is 14.3 Å². The van der Waals surface area contributed by atoms with Crippen LogP contribution in [0.5, 0.6) is 0 Å². The van der Waals surface area contributed by atoms with Crippen molar-refractivity contribution in [2.45, 2.75) is 25.9 Å². The van der Waals surface area contributed by atoms with Crippen LogP contribution in [0.3, 0.4) is 0 Å². The van der Waals surface area contributed by atoms with Gasteiger partial charge in [-0.15, -0.1) is 0 Å². The van der Waals surface area contributed by atoms with Gasteiger partial charge in [-0.25, -0.2) is 4.79 Å². The zero-order chi connectivity index (χ0) is 14.1. The fraction of sp³-hybridized carbons (Fsp3) is 0.833. The van der Waals surface area contributed by atoms with Crippen LogP contribution in [-0.4, -0.2) is 56.1 Å². The Bertz CT molecular complexity index is 292. The van der Waals surface area contributed by atoms with Gasteiger partial charge in [0.15, 0.2) is 0 Å². The fourth-order valence-corrected chi connectivity index (χ4v) is 1.66. The molecule has 0 aromatic heterocycles. The molecule has 1 saturated heterocycles. The maximum atomic E-state index is 11.4. The maximum Gasteiger partial charge on any atom is 0.314 e. The number of carboxylic acid groups (broad SMARTS) is 1. The molecular formula is C12H22N2O5. The van der Waals surface area contributed by atoms with Gasteiger partial charge in [-0.1, -0.05) is 6.92 Å². The average molecular weight is 274 g/mol. The SMILES string of the molecule is CC(CCCNC(=O)NCC1COCCO1)C(=O)O. The number of carbonyl (C=O) groups excluding carboxylic acids is 1. The molecule has 19 heavy (non-hydrogen) atoms. The molecule has 7 heteroatoms. The lowest BCUT2D eigenvalue weighted by Gasteiger charge is -2.23. The third-order valence-electron chi connectivity index (χ3n) is 2.90. The summed E-state index contributed by atoms with van der Waals surface area (Å²) in [4.78, 5) is 22.0. The monoisotopic (exact) mass is 274 g/mol. The van der Waals surface area contributed by atoms with Crippen LogP contribution in [0.4, 0.5) is 4.79 Å². The Balaban J connectivity index is 2.00. The van der Waals surface area contributed by atoms with E-state index in [1.807, 2.05) is 0 Å². The van der Waals surface area contributed by atoms with E-state index in [1.54, 1.807) is 6.92 Å². The number of hydrogen-bond acceptors (Lipinski definition) is 4. The molecule has 0 saturated carbocycles. The molecular weight excluding hydrogens is 252 g/mol. The first kappa shape index (κ1) is 15.7. The van der Waals surface area contributed by atoms with Gasteiger partial charge in [-0.05, 0) is 12.8 Å². The van der Waals surface area contributed by atoms with Crippen LogP contribution in [0.1, 0.15) is 19.8 Å². The van der Waals surface area contributed by atoms with Crippen molar-refractivity contribution in [2.75, 3.05) is 32.9 Å². The largest absolute Gasteiger partial charge is 0.481 e. The topological polar surface area (TPSA) is 96.9 Å². The lowest BCUT2D eigenvalue weighted by Crippen LogP contribution is -2.43. The van der Waals surface area contributed by atoms with Gasteiger partial charge < -0.3 is 25.2 Å². The third-order valence-corrected chi connectivity index (χ3v) is 2.90. The van der Waals surface area contributed by atoms with Gasteiger partial charge in [0, 0.05) is 13.1 Å². The maximum absolute atomic E-state index is 11.4. The molecule has 2 atom stereocenters. The molecule has 2 amide bonds. The Labute approximate surface area is 112 Å². The number of hydrogen-bond donors (Lipinski definition) is 3. The van der Waals surface area contributed by atoms with Crippen molar-refractivity contribution >= 4 is 12.0 Å². The first-order valence-corrected chi connectivity index (χ1v) is 6.53. The lowest BCUT2D eigenvalue weighted by atomic mass is 10.1. The van der Waals surface area contributed by atoms with Crippen LogP contribution >= 0.6 is 0 Å². The van der Waals surface area contributed by atoms with Crippen LogP contribution in [0.2, 0.25) is 0 Å². The highest BCUT2D eigenvalue weighted by molar-refractivity contribution is 5.73. The van der Waals surface area contributed by atoms with Crippen molar-refractivity contribution in [3.05, 3.63) is 0 Å². The molecule has 1 heterocycles. The quantitative estimate of drug-likeness (QED) is 0.576. The highest BCUT2D eigenvalue weighted by Gasteiger charge is 2.15. The summed E-state index contributed by atoms with van der Waals surface area (Å²) in [7, 11) is 0. The molecule has 110 valence electrons. The predicted molar refractivity (Wildman–Crippen MR) is 68.0 cm³/mol. The van der Waals surface area contributed by atoms with Gasteiger partial charge in [-0.3, -0.25) is 4.79 Å². The number of nitrogens with one attached hydrogen (secondary N) is 2. The van der Waals surface area contributed by atoms with Gasteiger partial charge in [0.2, 0.25) is 0 Å². The Hall–Kier alpha value is -1.34. The fourth-order valence-electron chi connectivity index (χ4n) is 1.66. The number of ether oxygens (including phenoxy) is 2. The van der Waals surface area contributed by atoms with Crippen molar-refractivity contribution in [1.82, 2.24) is 10.6 Å². The minimum Gasteiger partial charge on any atom is -0.481 e. The predicted octanol–water partition coefficient (Wildman–Crippen LogP) is 0.202. The molecule has 3 N–H and O–H groups in total. The van der Waals surface area contributed by atoms with Gasteiger partial charge >= 0.3 is 12.0 Å². The molecule has 1 rings (SSSR count). The van der Waals surface area contributed by atoms with Crippen molar-refractivity contribution in [3.63, 3.8) is 0 Å². The molecule has 1 aliphatic heterocycles. The van der Waals surface area contributed by atoms with Gasteiger partial charge in [0.1, 0.15) is 0 Å². The number of carboxylic acids is 1. The number of carbonyl (C=O) groups is 2. The molecule has 0 aromatic rings. The van der Waals surface area contributed by atoms with E-state index < -0.39 is 5.97 Å². The molecule has 0 aliphatic carbocycles. The van der Waals surface area contributed by atoms with E-state index in [-0.39, 0.29) is 18.1 Å². The molecule has 0 spiro atoms. The summed E-state index contributed by atoms with van der Waals surface area (Å²) >= 11 is 0. The van der Waals surface area contributed by atoms with E-state index in [1.165, 1.54) is 0 Å². The van der Waals surface area contributed by atoms with Crippen LogP contribution < -0.4 is 10.6 Å². The van der Waals surface area contributed by atoms with E-state index in [4.69, 9.17) is 14.6 Å². The van der Waals surface area contributed by atoms with Gasteiger partial charge in [0.25, 0.3) is 0 Å². The summed E-state index contributed by atoms with van der Waals surface area (Å²) in [6, 6.07) is -0.267. The summed E-state index contributed by atoms with van der Waals surface area (Å²) in [5, 5.41) is 14.1. The van der Waals surface area contributed by atoms with Crippen LogP contribution in [0, 0.1) is 5.92 Å². The second-order valence-electron chi connectivity index (χ2n) is 4.59. The Morgan fingerprint density at radius 3 is 2.79 bits per heavy atom. The number of rotatable bonds is 7. The highest BCUT2D eigenvalue weighted by Crippen LogP contribution is 2.04. The molecule has 7 nitrogen and oxygen atoms in total. The summed E-state index contributed by atoms with van der Waals surface area (Å²) in [5.74, 6) is -1.18. The van der Waals surface area contributed by atoms with Gasteiger partial charge in [-0.2, -0.15) is 0 Å². The third kappa shape index (κ3) is 6.97. The van der Waals surface area contributed by atoms with Crippen molar-refractivity contribution in [2.24, 2.45) is 5.92 Å². The number of urea groups is 1. The molecule has 1 aliphatic rings. The molecule has 2 unspecified atom stereocenters. The van der Waals surface area contributed by atoms with Gasteiger partial charge in [0.05, 0.1) is 31.8 Å². The summed E-state index contributed by atoms with van der Waals surface area (Å²) < 4.78 is 10.6. The van der Waals surface area contributed by atoms with Crippen LogP contribution in [0.25, 0.3) is 0 Å². The van der Waals surface area contributed by atoms with E-state index in [0.717, 1.165) is 0 Å². The standard InChI is InChI=1S/C12H22N2O5/c1-9(11(15)16)3-2-4-13-12(17)14-7-10-8-18-5-6-19-10/h9-10H,2-8H2,1H3,(H,15,16)(H2,13,14,17). The van der Waals surface area contributed by atoms with E-state index in [0.29, 0.717) is 45.8 Å². The zero-order valence-corrected chi connectivity index (χ0v) is 11.2.